The first-order valence-corrected chi connectivity index (χ1v) is 9.08. The van der Waals surface area contributed by atoms with Crippen LogP contribution in [-0.2, 0) is 6.54 Å². The number of fused-ring (bicyclic) bond motifs is 1. The lowest BCUT2D eigenvalue weighted by molar-refractivity contribution is 1.04. The van der Waals surface area contributed by atoms with Crippen molar-refractivity contribution in [3.63, 3.8) is 0 Å². The van der Waals surface area contributed by atoms with Gasteiger partial charge < -0.3 is 10.6 Å². The van der Waals surface area contributed by atoms with E-state index in [0.29, 0.717) is 12.5 Å². The van der Waals surface area contributed by atoms with Crippen molar-refractivity contribution in [3.05, 3.63) is 59.0 Å². The molecule has 0 radical (unpaired) electrons. The summed E-state index contributed by atoms with van der Waals surface area (Å²) in [5.74, 6) is 1.33. The number of nitrogens with zero attached hydrogens (tertiary/aromatic N) is 4. The van der Waals surface area contributed by atoms with Gasteiger partial charge >= 0.3 is 0 Å². The van der Waals surface area contributed by atoms with Gasteiger partial charge in [0.2, 0.25) is 5.95 Å². The minimum atomic E-state index is 0.600. The molecule has 0 fully saturated rings. The zero-order chi connectivity index (χ0) is 17.1. The Balaban J connectivity index is 1.74. The van der Waals surface area contributed by atoms with Crippen molar-refractivity contribution in [2.45, 2.75) is 13.5 Å². The predicted molar refractivity (Wildman–Crippen MR) is 102 cm³/mol. The highest BCUT2D eigenvalue weighted by Gasteiger charge is 2.14. The minimum Gasteiger partial charge on any atom is -0.364 e. The van der Waals surface area contributed by atoms with Crippen LogP contribution in [0.2, 0.25) is 0 Å². The second kappa shape index (κ2) is 6.90. The number of nitrogens with one attached hydrogen (secondary N) is 2. The molecule has 4 aromatic rings. The van der Waals surface area contributed by atoms with Gasteiger partial charge in [-0.3, -0.25) is 4.57 Å². The van der Waals surface area contributed by atoms with Crippen LogP contribution < -0.4 is 10.6 Å². The first-order valence-electron chi connectivity index (χ1n) is 8.14. The Morgan fingerprint density at radius 3 is 2.72 bits per heavy atom. The Kier molecular flexibility index (Phi) is 4.30. The Morgan fingerprint density at radius 2 is 1.96 bits per heavy atom. The van der Waals surface area contributed by atoms with Gasteiger partial charge in [-0.2, -0.15) is 21.3 Å². The van der Waals surface area contributed by atoms with E-state index in [1.165, 1.54) is 5.56 Å². The quantitative estimate of drug-likeness (QED) is 0.552. The van der Waals surface area contributed by atoms with E-state index >= 15 is 0 Å². The maximum absolute atomic E-state index is 4.64. The highest BCUT2D eigenvalue weighted by Crippen LogP contribution is 2.25. The average Bonchev–Trinajstić information content (AvgIpc) is 3.30. The SMILES string of the molecule is CCNc1nc(NCc2ccccc2)c2ncn(-c3ccsc3)c2n1. The van der Waals surface area contributed by atoms with Crippen LogP contribution in [-0.4, -0.2) is 26.1 Å². The third-order valence-corrected chi connectivity index (χ3v) is 4.49. The summed E-state index contributed by atoms with van der Waals surface area (Å²) in [4.78, 5) is 13.8. The summed E-state index contributed by atoms with van der Waals surface area (Å²) >= 11 is 1.65. The van der Waals surface area contributed by atoms with Crippen molar-refractivity contribution in [1.82, 2.24) is 19.5 Å². The fourth-order valence-corrected chi connectivity index (χ4v) is 3.25. The smallest absolute Gasteiger partial charge is 0.226 e. The first kappa shape index (κ1) is 15.6. The molecule has 0 aliphatic rings. The van der Waals surface area contributed by atoms with Crippen molar-refractivity contribution >= 4 is 34.3 Å². The number of benzene rings is 1. The van der Waals surface area contributed by atoms with Gasteiger partial charge in [0, 0.05) is 18.5 Å². The summed E-state index contributed by atoms with van der Waals surface area (Å²) in [6.45, 7) is 3.47. The molecule has 0 aliphatic carbocycles. The number of rotatable bonds is 6. The molecule has 0 spiro atoms. The van der Waals surface area contributed by atoms with E-state index in [0.717, 1.165) is 29.2 Å². The van der Waals surface area contributed by atoms with Crippen LogP contribution in [0.15, 0.2) is 53.5 Å². The fraction of sp³-hybridized carbons (Fsp3) is 0.167. The van der Waals surface area contributed by atoms with Crippen molar-refractivity contribution in [2.24, 2.45) is 0 Å². The summed E-state index contributed by atoms with van der Waals surface area (Å²) in [5, 5.41) is 10.7. The maximum Gasteiger partial charge on any atom is 0.226 e. The topological polar surface area (TPSA) is 67.7 Å². The molecule has 2 N–H and O–H groups in total. The van der Waals surface area contributed by atoms with Gasteiger partial charge in [-0.05, 0) is 23.9 Å². The molecule has 126 valence electrons. The fourth-order valence-electron chi connectivity index (χ4n) is 2.63. The lowest BCUT2D eigenvalue weighted by Gasteiger charge is -2.10. The minimum absolute atomic E-state index is 0.600. The Morgan fingerprint density at radius 1 is 1.08 bits per heavy atom. The Bertz CT molecular complexity index is 962. The van der Waals surface area contributed by atoms with Crippen LogP contribution >= 0.6 is 11.3 Å². The highest BCUT2D eigenvalue weighted by molar-refractivity contribution is 7.08. The Labute approximate surface area is 149 Å². The van der Waals surface area contributed by atoms with Gasteiger partial charge in [0.15, 0.2) is 17.0 Å². The Hall–Kier alpha value is -2.93. The molecule has 6 nitrogen and oxygen atoms in total. The molecular weight excluding hydrogens is 332 g/mol. The molecule has 0 saturated heterocycles. The number of hydrogen-bond donors (Lipinski definition) is 2. The standard InChI is InChI=1S/C18H18N6S/c1-2-19-18-22-16(20-10-13-6-4-3-5-7-13)15-17(23-18)24(12-21-15)14-8-9-25-11-14/h3-9,11-12H,2,10H2,1H3,(H2,19,20,22,23). The monoisotopic (exact) mass is 350 g/mol. The molecule has 0 amide bonds. The first-order chi connectivity index (χ1) is 12.3. The molecule has 0 saturated carbocycles. The van der Waals surface area contributed by atoms with E-state index < -0.39 is 0 Å². The third-order valence-electron chi connectivity index (χ3n) is 3.82. The highest BCUT2D eigenvalue weighted by atomic mass is 32.1. The molecule has 4 rings (SSSR count). The second-order valence-corrected chi connectivity index (χ2v) is 6.31. The molecular formula is C18H18N6S. The van der Waals surface area contributed by atoms with Gasteiger partial charge in [0.05, 0.1) is 5.69 Å². The number of aromatic nitrogens is 4. The number of imidazole rings is 1. The summed E-state index contributed by atoms with van der Waals surface area (Å²) < 4.78 is 1.99. The lowest BCUT2D eigenvalue weighted by Crippen LogP contribution is -2.08. The van der Waals surface area contributed by atoms with Gasteiger partial charge in [-0.25, -0.2) is 4.98 Å². The summed E-state index contributed by atoms with van der Waals surface area (Å²) in [7, 11) is 0. The van der Waals surface area contributed by atoms with Crippen LogP contribution in [0.25, 0.3) is 16.9 Å². The zero-order valence-corrected chi connectivity index (χ0v) is 14.6. The van der Waals surface area contributed by atoms with Crippen LogP contribution in [0, 0.1) is 0 Å². The summed E-state index contributed by atoms with van der Waals surface area (Å²) in [6.07, 6.45) is 1.80. The molecule has 7 heteroatoms. The van der Waals surface area contributed by atoms with Crippen LogP contribution in [0.4, 0.5) is 11.8 Å². The van der Waals surface area contributed by atoms with Gasteiger partial charge in [0.1, 0.15) is 6.33 Å². The molecule has 0 unspecified atom stereocenters. The van der Waals surface area contributed by atoms with Crippen molar-refractivity contribution in [1.29, 1.82) is 0 Å². The van der Waals surface area contributed by atoms with Crippen LogP contribution in [0.5, 0.6) is 0 Å². The van der Waals surface area contributed by atoms with Crippen molar-refractivity contribution in [2.75, 3.05) is 17.2 Å². The summed E-state index contributed by atoms with van der Waals surface area (Å²) in [6, 6.07) is 12.3. The van der Waals surface area contributed by atoms with Gasteiger partial charge in [-0.1, -0.05) is 30.3 Å². The second-order valence-electron chi connectivity index (χ2n) is 5.53. The molecule has 0 bridgehead atoms. The zero-order valence-electron chi connectivity index (χ0n) is 13.8. The van der Waals surface area contributed by atoms with Crippen molar-refractivity contribution in [3.8, 4) is 5.69 Å². The maximum atomic E-state index is 4.64. The van der Waals surface area contributed by atoms with Crippen LogP contribution in [0.3, 0.4) is 0 Å². The van der Waals surface area contributed by atoms with E-state index in [9.17, 15) is 0 Å². The third kappa shape index (κ3) is 3.18. The van der Waals surface area contributed by atoms with E-state index in [1.807, 2.05) is 35.1 Å². The molecule has 1 aromatic carbocycles. The predicted octanol–water partition coefficient (Wildman–Crippen LogP) is 3.92. The normalized spacial score (nSPS) is 10.9. The molecule has 3 heterocycles. The van der Waals surface area contributed by atoms with E-state index in [4.69, 9.17) is 0 Å². The van der Waals surface area contributed by atoms with E-state index in [2.05, 4.69) is 49.2 Å². The largest absolute Gasteiger partial charge is 0.364 e. The summed E-state index contributed by atoms with van der Waals surface area (Å²) in [5.41, 5.74) is 3.81. The van der Waals surface area contributed by atoms with E-state index in [-0.39, 0.29) is 0 Å². The molecule has 0 atom stereocenters. The number of thiophene rings is 1. The average molecular weight is 350 g/mol. The van der Waals surface area contributed by atoms with Crippen molar-refractivity contribution < 1.29 is 0 Å². The molecule has 0 aliphatic heterocycles. The molecule has 25 heavy (non-hydrogen) atoms. The van der Waals surface area contributed by atoms with Crippen LogP contribution in [0.1, 0.15) is 12.5 Å². The van der Waals surface area contributed by atoms with Gasteiger partial charge in [0.25, 0.3) is 0 Å². The number of anilines is 2. The lowest BCUT2D eigenvalue weighted by atomic mass is 10.2. The van der Waals surface area contributed by atoms with E-state index in [1.54, 1.807) is 17.7 Å². The molecule has 3 aromatic heterocycles. The number of hydrogen-bond acceptors (Lipinski definition) is 6. The van der Waals surface area contributed by atoms with Gasteiger partial charge in [-0.15, -0.1) is 0 Å².